The summed E-state index contributed by atoms with van der Waals surface area (Å²) in [4.78, 5) is 12.5. The number of carbonyl (C=O) groups excluding carboxylic acids is 1. The molecule has 1 heterocycles. The number of allylic oxidation sites excluding steroid dienone is 1. The van der Waals surface area contributed by atoms with E-state index in [1.807, 2.05) is 6.07 Å². The zero-order chi connectivity index (χ0) is 26.0. The van der Waals surface area contributed by atoms with E-state index in [0.29, 0.717) is 12.8 Å². The molecule has 1 aromatic rings. The number of rotatable bonds is 15. The second-order valence-corrected chi connectivity index (χ2v) is 11.7. The summed E-state index contributed by atoms with van der Waals surface area (Å²) in [5.41, 5.74) is 2.24. The number of carbonyl (C=O) groups is 1. The van der Waals surface area contributed by atoms with Gasteiger partial charge in [-0.25, -0.2) is 0 Å². The molecule has 0 saturated heterocycles. The van der Waals surface area contributed by atoms with Crippen molar-refractivity contribution in [3.05, 3.63) is 36.3 Å². The van der Waals surface area contributed by atoms with Crippen LogP contribution in [0.3, 0.4) is 0 Å². The molecule has 2 saturated carbocycles. The number of hydrogen-bond acceptors (Lipinski definition) is 5. The van der Waals surface area contributed by atoms with Crippen molar-refractivity contribution in [3.63, 3.8) is 0 Å². The fourth-order valence-corrected chi connectivity index (χ4v) is 7.00. The zero-order valence-corrected chi connectivity index (χ0v) is 22.8. The Bertz CT molecular complexity index is 787. The highest BCUT2D eigenvalue weighted by Gasteiger charge is 2.55. The number of fused-ring (bicyclic) bond motifs is 1. The van der Waals surface area contributed by atoms with Crippen molar-refractivity contribution in [2.45, 2.75) is 122 Å². The van der Waals surface area contributed by atoms with E-state index in [9.17, 15) is 15.0 Å². The minimum Gasteiger partial charge on any atom is -0.472 e. The van der Waals surface area contributed by atoms with Gasteiger partial charge < -0.3 is 19.4 Å². The van der Waals surface area contributed by atoms with Gasteiger partial charge in [0.15, 0.2) is 0 Å². The van der Waals surface area contributed by atoms with Gasteiger partial charge in [0.05, 0.1) is 31.3 Å². The van der Waals surface area contributed by atoms with Gasteiger partial charge in [0, 0.05) is 12.3 Å². The summed E-state index contributed by atoms with van der Waals surface area (Å²) in [5, 5.41) is 21.7. The smallest absolute Gasteiger partial charge is 0.305 e. The minimum absolute atomic E-state index is 0.175. The van der Waals surface area contributed by atoms with Gasteiger partial charge in [-0.3, -0.25) is 4.79 Å². The lowest BCUT2D eigenvalue weighted by atomic mass is 9.49. The number of aliphatic hydroxyl groups excluding tert-OH is 2. The first-order chi connectivity index (χ1) is 17.4. The minimum atomic E-state index is -0.857. The molecule has 0 unspecified atom stereocenters. The van der Waals surface area contributed by atoms with Crippen LogP contribution in [0.5, 0.6) is 0 Å². The Labute approximate surface area is 218 Å². The van der Waals surface area contributed by atoms with E-state index in [4.69, 9.17) is 9.15 Å². The van der Waals surface area contributed by atoms with Gasteiger partial charge in [-0.05, 0) is 67.4 Å². The molecule has 2 N–H and O–H groups in total. The molecule has 0 aliphatic heterocycles. The van der Waals surface area contributed by atoms with Crippen LogP contribution in [-0.2, 0) is 16.0 Å². The molecule has 1 aromatic heterocycles. The second-order valence-electron chi connectivity index (χ2n) is 11.7. The highest BCUT2D eigenvalue weighted by molar-refractivity contribution is 5.69. The molecular weight excluding hydrogens is 452 g/mol. The molecule has 2 fully saturated rings. The summed E-state index contributed by atoms with van der Waals surface area (Å²) in [6, 6.07) is 2.00. The average molecular weight is 503 g/mol. The summed E-state index contributed by atoms with van der Waals surface area (Å²) in [7, 11) is 0. The van der Waals surface area contributed by atoms with Crippen molar-refractivity contribution in [1.29, 1.82) is 0 Å². The summed E-state index contributed by atoms with van der Waals surface area (Å²) in [5.74, 6) is 0.0312. The molecule has 5 nitrogen and oxygen atoms in total. The predicted octanol–water partition coefficient (Wildman–Crippen LogP) is 7.01. The van der Waals surface area contributed by atoms with Crippen molar-refractivity contribution in [2.24, 2.45) is 23.2 Å². The molecule has 0 aromatic carbocycles. The van der Waals surface area contributed by atoms with Gasteiger partial charge in [-0.1, -0.05) is 77.4 Å². The Balaban J connectivity index is 1.48. The lowest BCUT2D eigenvalue weighted by molar-refractivity contribution is -0.170. The normalized spacial score (nSPS) is 30.2. The lowest BCUT2D eigenvalue weighted by Crippen LogP contribution is -2.57. The summed E-state index contributed by atoms with van der Waals surface area (Å²) in [6.07, 6.45) is 17.4. The SMILES string of the molecule is C=C1CC[C@@H]2[C@H](COC(=O)CCCCCCCCCCC)[C@H](O)[C@H](O)C[C@@]2(C)[C@@H]1CCc1ccoc1. The number of unbranched alkanes of at least 4 members (excludes halogenated alkanes) is 8. The number of aliphatic hydroxyl groups is 2. The fraction of sp³-hybridized carbons (Fsp3) is 0.774. The third kappa shape index (κ3) is 7.71. The van der Waals surface area contributed by atoms with Gasteiger partial charge in [0.25, 0.3) is 0 Å². The molecule has 0 bridgehead atoms. The molecule has 204 valence electrons. The number of aryl methyl sites for hydroxylation is 1. The van der Waals surface area contributed by atoms with Gasteiger partial charge in [0.1, 0.15) is 0 Å². The van der Waals surface area contributed by atoms with Gasteiger partial charge in [-0.15, -0.1) is 0 Å². The van der Waals surface area contributed by atoms with Crippen molar-refractivity contribution in [1.82, 2.24) is 0 Å². The molecular formula is C31H50O5. The molecule has 36 heavy (non-hydrogen) atoms. The monoisotopic (exact) mass is 502 g/mol. The van der Waals surface area contributed by atoms with E-state index in [1.165, 1.54) is 56.1 Å². The largest absolute Gasteiger partial charge is 0.472 e. The van der Waals surface area contributed by atoms with E-state index >= 15 is 0 Å². The molecule has 6 atom stereocenters. The van der Waals surface area contributed by atoms with Crippen molar-refractivity contribution < 1.29 is 24.2 Å². The molecule has 0 amide bonds. The molecule has 0 spiro atoms. The molecule has 2 aliphatic carbocycles. The van der Waals surface area contributed by atoms with Crippen LogP contribution in [0, 0.1) is 23.2 Å². The quantitative estimate of drug-likeness (QED) is 0.153. The van der Waals surface area contributed by atoms with Crippen molar-refractivity contribution >= 4 is 5.97 Å². The first kappa shape index (κ1) is 29.0. The van der Waals surface area contributed by atoms with Crippen molar-refractivity contribution in [3.8, 4) is 0 Å². The van der Waals surface area contributed by atoms with Crippen LogP contribution in [0.2, 0.25) is 0 Å². The molecule has 2 aliphatic rings. The Morgan fingerprint density at radius 1 is 1.14 bits per heavy atom. The average Bonchev–Trinajstić information content (AvgIpc) is 3.37. The fourth-order valence-electron chi connectivity index (χ4n) is 7.00. The second kappa shape index (κ2) is 14.4. The maximum Gasteiger partial charge on any atom is 0.305 e. The Morgan fingerprint density at radius 3 is 2.50 bits per heavy atom. The number of ether oxygens (including phenoxy) is 1. The lowest BCUT2D eigenvalue weighted by Gasteiger charge is -2.57. The first-order valence-electron chi connectivity index (χ1n) is 14.6. The number of hydrogen-bond donors (Lipinski definition) is 2. The van der Waals surface area contributed by atoms with Crippen LogP contribution >= 0.6 is 0 Å². The highest BCUT2D eigenvalue weighted by Crippen LogP contribution is 2.58. The molecule has 3 rings (SSSR count). The Morgan fingerprint density at radius 2 is 1.83 bits per heavy atom. The summed E-state index contributed by atoms with van der Waals surface area (Å²) < 4.78 is 10.9. The zero-order valence-electron chi connectivity index (χ0n) is 22.8. The van der Waals surface area contributed by atoms with Gasteiger partial charge >= 0.3 is 5.97 Å². The number of esters is 1. The van der Waals surface area contributed by atoms with Crippen LogP contribution in [0.1, 0.15) is 109 Å². The third-order valence-corrected chi connectivity index (χ3v) is 9.13. The van der Waals surface area contributed by atoms with E-state index in [1.54, 1.807) is 12.5 Å². The van der Waals surface area contributed by atoms with Gasteiger partial charge in [0.2, 0.25) is 0 Å². The highest BCUT2D eigenvalue weighted by atomic mass is 16.5. The van der Waals surface area contributed by atoms with Crippen LogP contribution in [0.25, 0.3) is 0 Å². The van der Waals surface area contributed by atoms with E-state index in [0.717, 1.165) is 38.5 Å². The topological polar surface area (TPSA) is 79.9 Å². The maximum absolute atomic E-state index is 12.5. The van der Waals surface area contributed by atoms with E-state index < -0.39 is 12.2 Å². The molecule has 0 radical (unpaired) electrons. The summed E-state index contributed by atoms with van der Waals surface area (Å²) >= 11 is 0. The third-order valence-electron chi connectivity index (χ3n) is 9.13. The van der Waals surface area contributed by atoms with E-state index in [-0.39, 0.29) is 35.7 Å². The number of furan rings is 1. The summed E-state index contributed by atoms with van der Waals surface area (Å²) in [6.45, 7) is 9.07. The van der Waals surface area contributed by atoms with Crippen LogP contribution in [-0.4, -0.2) is 35.0 Å². The molecule has 5 heteroatoms. The standard InChI is InChI=1S/C31H50O5/c1-4-5-6-7-8-9-10-11-12-13-29(33)36-22-25-27-16-14-23(2)26(17-15-24-18-19-35-21-24)31(27,3)20-28(32)30(25)34/h18-19,21,25-28,30,32,34H,2,4-17,20,22H2,1,3H3/t25-,26+,27+,28+,30-,31-/m0/s1. The van der Waals surface area contributed by atoms with E-state index in [2.05, 4.69) is 20.4 Å². The van der Waals surface area contributed by atoms with Crippen molar-refractivity contribution in [2.75, 3.05) is 6.61 Å². The first-order valence-corrected chi connectivity index (χ1v) is 14.6. The predicted molar refractivity (Wildman–Crippen MR) is 143 cm³/mol. The van der Waals surface area contributed by atoms with Crippen LogP contribution in [0.4, 0.5) is 0 Å². The van der Waals surface area contributed by atoms with Crippen LogP contribution < -0.4 is 0 Å². The van der Waals surface area contributed by atoms with Crippen LogP contribution in [0.15, 0.2) is 35.2 Å². The Hall–Kier alpha value is -1.59. The maximum atomic E-state index is 12.5. The van der Waals surface area contributed by atoms with Gasteiger partial charge in [-0.2, -0.15) is 0 Å². The Kier molecular flexibility index (Phi) is 11.6.